The molecular weight excluding hydrogens is 237 g/mol. The van der Waals surface area contributed by atoms with E-state index in [0.717, 1.165) is 31.7 Å². The van der Waals surface area contributed by atoms with E-state index < -0.39 is 17.1 Å². The summed E-state index contributed by atoms with van der Waals surface area (Å²) in [5.74, 6) is -0.359. The van der Waals surface area contributed by atoms with Gasteiger partial charge in [-0.2, -0.15) is 0 Å². The molecule has 4 nitrogen and oxygen atoms in total. The fraction of sp³-hybridized carbons (Fsp3) is 0.538. The largest absolute Gasteiger partial charge is 0.504 e. The van der Waals surface area contributed by atoms with Crippen LogP contribution in [0.1, 0.15) is 31.2 Å². The van der Waals surface area contributed by atoms with E-state index in [0.29, 0.717) is 30.3 Å². The number of halogens is 1. The Hall–Kier alpha value is -1.49. The third-order valence-corrected chi connectivity index (χ3v) is 3.75. The van der Waals surface area contributed by atoms with Crippen molar-refractivity contribution < 1.29 is 19.0 Å². The summed E-state index contributed by atoms with van der Waals surface area (Å²) in [7, 11) is 0. The minimum Gasteiger partial charge on any atom is -0.504 e. The van der Waals surface area contributed by atoms with Crippen LogP contribution in [0.2, 0.25) is 0 Å². The molecule has 1 aromatic rings. The van der Waals surface area contributed by atoms with E-state index in [1.807, 2.05) is 0 Å². The van der Waals surface area contributed by atoms with Crippen molar-refractivity contribution in [3.63, 3.8) is 0 Å². The number of fused-ring (bicyclic) bond motifs is 1. The molecule has 0 bridgehead atoms. The lowest BCUT2D eigenvalue weighted by Gasteiger charge is -2.30. The van der Waals surface area contributed by atoms with Gasteiger partial charge in [0.1, 0.15) is 13.2 Å². The van der Waals surface area contributed by atoms with Crippen LogP contribution in [0.3, 0.4) is 0 Å². The van der Waals surface area contributed by atoms with Crippen LogP contribution in [0.5, 0.6) is 17.2 Å². The van der Waals surface area contributed by atoms with Gasteiger partial charge in [-0.3, -0.25) is 0 Å². The Morgan fingerprint density at radius 1 is 1.22 bits per heavy atom. The average Bonchev–Trinajstić information content (AvgIpc) is 2.78. The molecule has 1 aliphatic carbocycles. The summed E-state index contributed by atoms with van der Waals surface area (Å²) in [6.07, 6.45) is 3.39. The van der Waals surface area contributed by atoms with Crippen molar-refractivity contribution in [2.24, 2.45) is 5.73 Å². The minimum absolute atomic E-state index is 0.336. The summed E-state index contributed by atoms with van der Waals surface area (Å²) in [6.45, 7) is 0.773. The van der Waals surface area contributed by atoms with E-state index in [9.17, 15) is 9.50 Å². The number of hydrogen-bond acceptors (Lipinski definition) is 4. The van der Waals surface area contributed by atoms with Crippen LogP contribution in [-0.4, -0.2) is 18.3 Å². The normalized spacial score (nSPS) is 21.0. The molecule has 0 aromatic heterocycles. The van der Waals surface area contributed by atoms with Gasteiger partial charge in [-0.25, -0.2) is 4.39 Å². The number of aromatic hydroxyl groups is 1. The molecule has 0 spiro atoms. The standard InChI is InChI=1S/C13H16FNO3/c14-8-7-9-12(18-6-5-17-9)10(11(8)16)13(15)3-1-2-4-13/h7,16H,1-6,15H2. The molecule has 3 N–H and O–H groups in total. The third-order valence-electron chi connectivity index (χ3n) is 3.75. The van der Waals surface area contributed by atoms with Gasteiger partial charge < -0.3 is 20.3 Å². The van der Waals surface area contributed by atoms with Gasteiger partial charge in [-0.15, -0.1) is 0 Å². The predicted octanol–water partition coefficient (Wildman–Crippen LogP) is 2.03. The van der Waals surface area contributed by atoms with Crippen molar-refractivity contribution in [2.45, 2.75) is 31.2 Å². The molecule has 98 valence electrons. The number of hydrogen-bond donors (Lipinski definition) is 2. The van der Waals surface area contributed by atoms with E-state index in [4.69, 9.17) is 15.2 Å². The quantitative estimate of drug-likeness (QED) is 0.803. The summed E-state index contributed by atoms with van der Waals surface area (Å²) >= 11 is 0. The fourth-order valence-electron chi connectivity index (χ4n) is 2.86. The lowest BCUT2D eigenvalue weighted by Crippen LogP contribution is -2.35. The van der Waals surface area contributed by atoms with E-state index in [1.54, 1.807) is 0 Å². The van der Waals surface area contributed by atoms with E-state index in [2.05, 4.69) is 0 Å². The molecule has 5 heteroatoms. The van der Waals surface area contributed by atoms with Crippen molar-refractivity contribution in [1.29, 1.82) is 0 Å². The molecule has 1 heterocycles. The van der Waals surface area contributed by atoms with Crippen molar-refractivity contribution in [3.8, 4) is 17.2 Å². The van der Waals surface area contributed by atoms with Gasteiger partial charge in [-0.1, -0.05) is 12.8 Å². The molecule has 1 aliphatic heterocycles. The Balaban J connectivity index is 2.20. The number of benzene rings is 1. The van der Waals surface area contributed by atoms with Gasteiger partial charge in [0, 0.05) is 11.6 Å². The first-order valence-electron chi connectivity index (χ1n) is 6.22. The van der Waals surface area contributed by atoms with Gasteiger partial charge >= 0.3 is 0 Å². The van der Waals surface area contributed by atoms with Crippen molar-refractivity contribution in [2.75, 3.05) is 13.2 Å². The second-order valence-electron chi connectivity index (χ2n) is 4.97. The van der Waals surface area contributed by atoms with Crippen molar-refractivity contribution in [1.82, 2.24) is 0 Å². The maximum absolute atomic E-state index is 13.7. The van der Waals surface area contributed by atoms with Crippen molar-refractivity contribution in [3.05, 3.63) is 17.4 Å². The second kappa shape index (κ2) is 4.02. The molecule has 18 heavy (non-hydrogen) atoms. The van der Waals surface area contributed by atoms with Crippen molar-refractivity contribution >= 4 is 0 Å². The molecule has 3 rings (SSSR count). The SMILES string of the molecule is NC1(c2c(O)c(F)cc3c2OCCO3)CCCC1. The van der Waals surface area contributed by atoms with Gasteiger partial charge in [0.15, 0.2) is 23.1 Å². The second-order valence-corrected chi connectivity index (χ2v) is 4.97. The van der Waals surface area contributed by atoms with Crippen LogP contribution in [-0.2, 0) is 5.54 Å². The van der Waals surface area contributed by atoms with Crippen LogP contribution in [0.15, 0.2) is 6.07 Å². The molecule has 0 atom stereocenters. The third kappa shape index (κ3) is 1.61. The lowest BCUT2D eigenvalue weighted by atomic mass is 9.87. The van der Waals surface area contributed by atoms with Crippen LogP contribution >= 0.6 is 0 Å². The Kier molecular flexibility index (Phi) is 2.59. The molecule has 0 unspecified atom stereocenters. The molecule has 1 saturated carbocycles. The van der Waals surface area contributed by atoms with Crippen LogP contribution < -0.4 is 15.2 Å². The zero-order valence-corrected chi connectivity index (χ0v) is 10.0. The lowest BCUT2D eigenvalue weighted by molar-refractivity contribution is 0.164. The first-order valence-corrected chi connectivity index (χ1v) is 6.22. The summed E-state index contributed by atoms with van der Waals surface area (Å²) in [6, 6.07) is 1.16. The summed E-state index contributed by atoms with van der Waals surface area (Å²) in [5.41, 5.74) is 5.97. The van der Waals surface area contributed by atoms with Gasteiger partial charge in [0.2, 0.25) is 0 Å². The average molecular weight is 253 g/mol. The summed E-state index contributed by atoms with van der Waals surface area (Å²) < 4.78 is 24.7. The number of phenols is 1. The molecule has 1 fully saturated rings. The van der Waals surface area contributed by atoms with Crippen LogP contribution in [0, 0.1) is 5.82 Å². The molecule has 1 aromatic carbocycles. The molecular formula is C13H16FNO3. The maximum atomic E-state index is 13.7. The topological polar surface area (TPSA) is 64.7 Å². The Labute approximate surface area is 105 Å². The minimum atomic E-state index is -0.711. The first kappa shape index (κ1) is 11.6. The number of ether oxygens (including phenoxy) is 2. The maximum Gasteiger partial charge on any atom is 0.170 e. The monoisotopic (exact) mass is 253 g/mol. The van der Waals surface area contributed by atoms with E-state index in [1.165, 1.54) is 0 Å². The molecule has 0 radical (unpaired) electrons. The number of nitrogens with two attached hydrogens (primary N) is 1. The fourth-order valence-corrected chi connectivity index (χ4v) is 2.86. The highest BCUT2D eigenvalue weighted by Gasteiger charge is 2.39. The predicted molar refractivity (Wildman–Crippen MR) is 63.4 cm³/mol. The highest BCUT2D eigenvalue weighted by atomic mass is 19.1. The van der Waals surface area contributed by atoms with Gasteiger partial charge in [0.05, 0.1) is 5.56 Å². The Morgan fingerprint density at radius 3 is 2.61 bits per heavy atom. The van der Waals surface area contributed by atoms with E-state index >= 15 is 0 Å². The summed E-state index contributed by atoms with van der Waals surface area (Å²) in [4.78, 5) is 0. The smallest absolute Gasteiger partial charge is 0.170 e. The Bertz CT molecular complexity index is 484. The first-order chi connectivity index (χ1) is 8.62. The highest BCUT2D eigenvalue weighted by Crippen LogP contribution is 2.50. The van der Waals surface area contributed by atoms with E-state index in [-0.39, 0.29) is 0 Å². The molecule has 2 aliphatic rings. The molecule has 0 saturated heterocycles. The highest BCUT2D eigenvalue weighted by molar-refractivity contribution is 5.58. The van der Waals surface area contributed by atoms with Crippen LogP contribution in [0.25, 0.3) is 0 Å². The summed E-state index contributed by atoms with van der Waals surface area (Å²) in [5, 5.41) is 9.99. The molecule has 0 amide bonds. The Morgan fingerprint density at radius 2 is 1.89 bits per heavy atom. The number of phenolic OH excluding ortho intramolecular Hbond substituents is 1. The zero-order chi connectivity index (χ0) is 12.8. The number of rotatable bonds is 1. The van der Waals surface area contributed by atoms with Gasteiger partial charge in [-0.05, 0) is 12.8 Å². The van der Waals surface area contributed by atoms with Gasteiger partial charge in [0.25, 0.3) is 0 Å². The zero-order valence-electron chi connectivity index (χ0n) is 10.0. The van der Waals surface area contributed by atoms with Crippen LogP contribution in [0.4, 0.5) is 4.39 Å².